The van der Waals surface area contributed by atoms with E-state index in [1.54, 1.807) is 12.1 Å². The first kappa shape index (κ1) is 17.1. The van der Waals surface area contributed by atoms with Crippen LogP contribution in [0.2, 0.25) is 10.0 Å². The van der Waals surface area contributed by atoms with Gasteiger partial charge in [0.25, 0.3) is 0 Å². The lowest BCUT2D eigenvalue weighted by Gasteiger charge is -2.31. The molecule has 7 heteroatoms. The molecule has 2 rings (SSSR count). The fourth-order valence-electron chi connectivity index (χ4n) is 2.73. The molecule has 2 N–H and O–H groups in total. The summed E-state index contributed by atoms with van der Waals surface area (Å²) in [7, 11) is 0. The third-order valence-corrected chi connectivity index (χ3v) is 4.42. The van der Waals surface area contributed by atoms with Crippen molar-refractivity contribution >= 4 is 40.8 Å². The zero-order valence-corrected chi connectivity index (χ0v) is 13.5. The number of likely N-dealkylation sites (tertiary alicyclic amines) is 1. The molecule has 1 saturated heterocycles. The Morgan fingerprint density at radius 2 is 1.91 bits per heavy atom. The van der Waals surface area contributed by atoms with E-state index in [0.717, 1.165) is 37.3 Å². The minimum absolute atomic E-state index is 0.128. The summed E-state index contributed by atoms with van der Waals surface area (Å²) >= 11 is 11.8. The molecule has 1 aliphatic heterocycles. The quantitative estimate of drug-likeness (QED) is 0.817. The third-order valence-electron chi connectivity index (χ3n) is 3.87. The molecule has 1 heterocycles. The highest BCUT2D eigenvalue weighted by molar-refractivity contribution is 6.36. The molecule has 1 aromatic carbocycles. The van der Waals surface area contributed by atoms with Crippen LogP contribution in [0.25, 0.3) is 0 Å². The van der Waals surface area contributed by atoms with E-state index in [9.17, 15) is 14.7 Å². The van der Waals surface area contributed by atoms with Crippen LogP contribution in [0.15, 0.2) is 18.2 Å². The molecule has 1 atom stereocenters. The zero-order valence-electron chi connectivity index (χ0n) is 12.0. The van der Waals surface area contributed by atoms with Crippen LogP contribution in [-0.2, 0) is 9.59 Å². The fraction of sp³-hybridized carbons (Fsp3) is 0.467. The molecule has 120 valence electrons. The van der Waals surface area contributed by atoms with Gasteiger partial charge in [-0.25, -0.2) is 0 Å². The number of quaternary nitrogens is 1. The maximum atomic E-state index is 12.1. The van der Waals surface area contributed by atoms with Gasteiger partial charge in [0, 0.05) is 5.02 Å². The Labute approximate surface area is 139 Å². The monoisotopic (exact) mass is 344 g/mol. The molecule has 1 fully saturated rings. The average molecular weight is 345 g/mol. The number of aliphatic carboxylic acids is 1. The molecular weight excluding hydrogens is 327 g/mol. The van der Waals surface area contributed by atoms with Crippen molar-refractivity contribution in [3.05, 3.63) is 28.2 Å². The predicted octanol–water partition coefficient (Wildman–Crippen LogP) is 0.509. The Morgan fingerprint density at radius 1 is 1.23 bits per heavy atom. The van der Waals surface area contributed by atoms with Gasteiger partial charge in [0.1, 0.15) is 6.04 Å². The van der Waals surface area contributed by atoms with Gasteiger partial charge < -0.3 is 20.1 Å². The summed E-state index contributed by atoms with van der Waals surface area (Å²) in [5.41, 5.74) is 0.418. The number of halogens is 2. The number of nitrogens with one attached hydrogen (secondary N) is 2. The summed E-state index contributed by atoms with van der Waals surface area (Å²) in [4.78, 5) is 24.3. The summed E-state index contributed by atoms with van der Waals surface area (Å²) in [6, 6.07) is 3.89. The summed E-state index contributed by atoms with van der Waals surface area (Å²) in [5.74, 6) is -1.58. The second-order valence-electron chi connectivity index (χ2n) is 5.47. The summed E-state index contributed by atoms with van der Waals surface area (Å²) in [6.07, 6.45) is 2.93. The summed E-state index contributed by atoms with van der Waals surface area (Å²) in [5, 5.41) is 14.8. The van der Waals surface area contributed by atoms with Crippen LogP contribution in [-0.4, -0.2) is 31.0 Å². The number of hydrogen-bond donors (Lipinski definition) is 2. The normalized spacial score (nSPS) is 17.0. The Bertz CT molecular complexity index is 560. The van der Waals surface area contributed by atoms with E-state index in [-0.39, 0.29) is 6.42 Å². The number of carboxylic acids is 1. The average Bonchev–Trinajstić information content (AvgIpc) is 2.48. The molecule has 1 aliphatic rings. The Balaban J connectivity index is 2.00. The zero-order chi connectivity index (χ0) is 16.1. The lowest BCUT2D eigenvalue weighted by molar-refractivity contribution is -0.922. The molecule has 0 aromatic heterocycles. The fourth-order valence-corrected chi connectivity index (χ4v) is 3.18. The van der Waals surface area contributed by atoms with E-state index in [1.807, 2.05) is 0 Å². The maximum absolute atomic E-state index is 12.1. The van der Waals surface area contributed by atoms with E-state index in [2.05, 4.69) is 5.32 Å². The van der Waals surface area contributed by atoms with E-state index in [1.165, 1.54) is 6.07 Å². The van der Waals surface area contributed by atoms with Crippen LogP contribution >= 0.6 is 23.2 Å². The summed E-state index contributed by atoms with van der Waals surface area (Å²) in [6.45, 7) is 1.52. The first-order chi connectivity index (χ1) is 10.5. The van der Waals surface area contributed by atoms with E-state index in [4.69, 9.17) is 23.2 Å². The van der Waals surface area contributed by atoms with E-state index in [0.29, 0.717) is 15.7 Å². The Morgan fingerprint density at radius 3 is 2.50 bits per heavy atom. The van der Waals surface area contributed by atoms with Crippen LogP contribution < -0.4 is 15.3 Å². The van der Waals surface area contributed by atoms with Gasteiger partial charge in [0.05, 0.1) is 36.2 Å². The highest BCUT2D eigenvalue weighted by Gasteiger charge is 2.28. The van der Waals surface area contributed by atoms with Gasteiger partial charge in [0.2, 0.25) is 5.91 Å². The molecule has 22 heavy (non-hydrogen) atoms. The Hall–Kier alpha value is -1.30. The first-order valence-corrected chi connectivity index (χ1v) is 8.03. The standard InChI is InChI=1S/C15H18Cl2N2O3/c16-10-4-5-12(11(17)8-10)18-14(20)9-13(15(21)22)19-6-2-1-3-7-19/h4-5,8,13H,1-3,6-7,9H2,(H,18,20)(H,21,22)/t13-/m1/s1. The van der Waals surface area contributed by atoms with Crippen molar-refractivity contribution < 1.29 is 19.6 Å². The minimum Gasteiger partial charge on any atom is -0.544 e. The van der Waals surface area contributed by atoms with Gasteiger partial charge in [0.15, 0.2) is 0 Å². The lowest BCUT2D eigenvalue weighted by atomic mass is 10.1. The van der Waals surface area contributed by atoms with Gasteiger partial charge in [-0.05, 0) is 37.5 Å². The maximum Gasteiger partial charge on any atom is 0.230 e. The van der Waals surface area contributed by atoms with Crippen LogP contribution in [0.3, 0.4) is 0 Å². The van der Waals surface area contributed by atoms with Gasteiger partial charge in [-0.1, -0.05) is 23.2 Å². The first-order valence-electron chi connectivity index (χ1n) is 7.27. The number of carbonyl (C=O) groups excluding carboxylic acids is 2. The SMILES string of the molecule is O=C(C[C@H](C(=O)[O-])[NH+]1CCCCC1)Nc1ccc(Cl)cc1Cl. The van der Waals surface area contributed by atoms with Crippen LogP contribution in [0.1, 0.15) is 25.7 Å². The number of rotatable bonds is 5. The predicted molar refractivity (Wildman–Crippen MR) is 83.1 cm³/mol. The largest absolute Gasteiger partial charge is 0.544 e. The Kier molecular flexibility index (Phi) is 6.06. The van der Waals surface area contributed by atoms with Crippen molar-refractivity contribution in [1.82, 2.24) is 0 Å². The van der Waals surface area contributed by atoms with Crippen molar-refractivity contribution in [2.45, 2.75) is 31.7 Å². The number of carbonyl (C=O) groups is 2. The molecule has 0 unspecified atom stereocenters. The molecular formula is C15H18Cl2N2O3. The third kappa shape index (κ3) is 4.60. The molecule has 0 saturated carbocycles. The van der Waals surface area contributed by atoms with Crippen LogP contribution in [0.4, 0.5) is 5.69 Å². The van der Waals surface area contributed by atoms with Crippen molar-refractivity contribution in [3.63, 3.8) is 0 Å². The number of hydrogen-bond acceptors (Lipinski definition) is 3. The molecule has 0 spiro atoms. The molecule has 0 bridgehead atoms. The molecule has 0 radical (unpaired) electrons. The number of piperidine rings is 1. The van der Waals surface area contributed by atoms with Crippen LogP contribution in [0.5, 0.6) is 0 Å². The number of anilines is 1. The lowest BCUT2D eigenvalue weighted by Crippen LogP contribution is -3.18. The molecule has 1 aromatic rings. The number of benzene rings is 1. The highest BCUT2D eigenvalue weighted by atomic mass is 35.5. The van der Waals surface area contributed by atoms with Crippen molar-refractivity contribution in [1.29, 1.82) is 0 Å². The minimum atomic E-state index is -1.19. The second kappa shape index (κ2) is 7.81. The van der Waals surface area contributed by atoms with Crippen molar-refractivity contribution in [2.75, 3.05) is 18.4 Å². The van der Waals surface area contributed by atoms with Gasteiger partial charge in [-0.2, -0.15) is 0 Å². The number of carboxylic acid groups (broad SMARTS) is 1. The van der Waals surface area contributed by atoms with Gasteiger partial charge in [-0.3, -0.25) is 4.79 Å². The van der Waals surface area contributed by atoms with Crippen LogP contribution in [0, 0.1) is 0 Å². The molecule has 5 nitrogen and oxygen atoms in total. The van der Waals surface area contributed by atoms with Crippen molar-refractivity contribution in [2.24, 2.45) is 0 Å². The smallest absolute Gasteiger partial charge is 0.230 e. The van der Waals surface area contributed by atoms with Crippen molar-refractivity contribution in [3.8, 4) is 0 Å². The molecule has 1 amide bonds. The van der Waals surface area contributed by atoms with E-state index >= 15 is 0 Å². The summed E-state index contributed by atoms with van der Waals surface area (Å²) < 4.78 is 0. The second-order valence-corrected chi connectivity index (χ2v) is 6.31. The van der Waals surface area contributed by atoms with E-state index < -0.39 is 17.9 Å². The van der Waals surface area contributed by atoms with Gasteiger partial charge in [-0.15, -0.1) is 0 Å². The highest BCUT2D eigenvalue weighted by Crippen LogP contribution is 2.25. The topological polar surface area (TPSA) is 73.7 Å². The number of amides is 1. The van der Waals surface area contributed by atoms with Gasteiger partial charge >= 0.3 is 0 Å². The molecule has 0 aliphatic carbocycles.